The zero-order chi connectivity index (χ0) is 19.1. The van der Waals surface area contributed by atoms with Gasteiger partial charge in [0, 0.05) is 23.3 Å². The Labute approximate surface area is 155 Å². The van der Waals surface area contributed by atoms with E-state index in [1.54, 1.807) is 37.4 Å². The average molecular weight is 375 g/mol. The van der Waals surface area contributed by atoms with Crippen molar-refractivity contribution in [3.05, 3.63) is 46.3 Å². The number of anilines is 1. The molecule has 1 aromatic carbocycles. The van der Waals surface area contributed by atoms with E-state index >= 15 is 0 Å². The highest BCUT2D eigenvalue weighted by Gasteiger charge is 2.19. The number of carbonyl (C=O) groups is 3. The highest BCUT2D eigenvalue weighted by molar-refractivity contribution is 7.16. The smallest absolute Gasteiger partial charge is 0.303 e. The molecule has 0 fully saturated rings. The number of hydrogen-bond donors (Lipinski definition) is 2. The van der Waals surface area contributed by atoms with Gasteiger partial charge in [0.1, 0.15) is 10.8 Å². The number of carboxylic acids is 1. The van der Waals surface area contributed by atoms with Gasteiger partial charge < -0.3 is 15.2 Å². The fourth-order valence-electron chi connectivity index (χ4n) is 2.37. The summed E-state index contributed by atoms with van der Waals surface area (Å²) < 4.78 is 5.10. The topological polar surface area (TPSA) is 92.7 Å². The van der Waals surface area contributed by atoms with Crippen LogP contribution in [0.1, 0.15) is 47.0 Å². The van der Waals surface area contributed by atoms with Crippen molar-refractivity contribution in [1.82, 2.24) is 0 Å². The second-order valence-corrected chi connectivity index (χ2v) is 6.80. The highest BCUT2D eigenvalue weighted by Crippen LogP contribution is 2.31. The number of aliphatic carboxylic acids is 1. The number of hydrogen-bond acceptors (Lipinski definition) is 5. The highest BCUT2D eigenvalue weighted by atomic mass is 32.1. The van der Waals surface area contributed by atoms with Gasteiger partial charge >= 0.3 is 5.97 Å². The fourth-order valence-corrected chi connectivity index (χ4v) is 3.37. The van der Waals surface area contributed by atoms with Crippen LogP contribution in [0.25, 0.3) is 0 Å². The Morgan fingerprint density at radius 2 is 1.85 bits per heavy atom. The number of rotatable bonds is 9. The molecule has 0 bridgehead atoms. The van der Waals surface area contributed by atoms with E-state index in [1.807, 2.05) is 6.92 Å². The summed E-state index contributed by atoms with van der Waals surface area (Å²) in [5.41, 5.74) is 0.955. The Morgan fingerprint density at radius 3 is 2.42 bits per heavy atom. The van der Waals surface area contributed by atoms with Gasteiger partial charge in [0.2, 0.25) is 5.91 Å². The number of methoxy groups -OCH3 is 1. The van der Waals surface area contributed by atoms with E-state index in [1.165, 1.54) is 11.3 Å². The van der Waals surface area contributed by atoms with Gasteiger partial charge in [0.15, 0.2) is 5.78 Å². The zero-order valence-corrected chi connectivity index (χ0v) is 15.5. The SMILES string of the molecule is CCc1cc(C(=O)c2ccc(OC)cc2)c(NC(=O)CCCC(=O)O)s1. The number of ketones is 1. The fraction of sp³-hybridized carbons (Fsp3) is 0.316. The first-order valence-electron chi connectivity index (χ1n) is 8.27. The van der Waals surface area contributed by atoms with E-state index in [2.05, 4.69) is 5.32 Å². The van der Waals surface area contributed by atoms with Crippen LogP contribution in [0.3, 0.4) is 0 Å². The first-order valence-corrected chi connectivity index (χ1v) is 9.09. The maximum Gasteiger partial charge on any atom is 0.303 e. The van der Waals surface area contributed by atoms with Crippen molar-refractivity contribution in [2.24, 2.45) is 0 Å². The summed E-state index contributed by atoms with van der Waals surface area (Å²) in [6, 6.07) is 8.59. The van der Waals surface area contributed by atoms with Gasteiger partial charge in [-0.15, -0.1) is 11.3 Å². The molecule has 7 heteroatoms. The summed E-state index contributed by atoms with van der Waals surface area (Å²) in [5.74, 6) is -0.741. The van der Waals surface area contributed by atoms with E-state index in [0.717, 1.165) is 11.3 Å². The van der Waals surface area contributed by atoms with Gasteiger partial charge in [0.05, 0.1) is 12.7 Å². The third kappa shape index (κ3) is 5.16. The lowest BCUT2D eigenvalue weighted by Gasteiger charge is -2.06. The largest absolute Gasteiger partial charge is 0.497 e. The predicted octanol–water partition coefficient (Wildman–Crippen LogP) is 3.74. The van der Waals surface area contributed by atoms with Gasteiger partial charge in [-0.2, -0.15) is 0 Å². The first-order chi connectivity index (χ1) is 12.4. The standard InChI is InChI=1S/C19H21NO5S/c1-3-14-11-15(18(24)12-7-9-13(25-2)10-8-12)19(26-14)20-16(21)5-4-6-17(22)23/h7-11H,3-6H2,1-2H3,(H,20,21)(H,22,23). The Kier molecular flexibility index (Phi) is 6.91. The van der Waals surface area contributed by atoms with Crippen molar-refractivity contribution in [2.45, 2.75) is 32.6 Å². The number of amides is 1. The number of carboxylic acid groups (broad SMARTS) is 1. The van der Waals surface area contributed by atoms with E-state index < -0.39 is 5.97 Å². The van der Waals surface area contributed by atoms with Crippen LogP contribution < -0.4 is 10.1 Å². The number of nitrogens with one attached hydrogen (secondary N) is 1. The number of ether oxygens (including phenoxy) is 1. The second-order valence-electron chi connectivity index (χ2n) is 5.66. The summed E-state index contributed by atoms with van der Waals surface area (Å²) in [7, 11) is 1.56. The molecule has 1 aromatic heterocycles. The average Bonchev–Trinajstić information content (AvgIpc) is 3.03. The molecule has 0 saturated carbocycles. The molecule has 0 aliphatic carbocycles. The van der Waals surface area contributed by atoms with E-state index in [4.69, 9.17) is 9.84 Å². The van der Waals surface area contributed by atoms with Crippen molar-refractivity contribution < 1.29 is 24.2 Å². The monoisotopic (exact) mass is 375 g/mol. The van der Waals surface area contributed by atoms with Crippen molar-refractivity contribution in [3.8, 4) is 5.75 Å². The van der Waals surface area contributed by atoms with Crippen molar-refractivity contribution in [3.63, 3.8) is 0 Å². The Balaban J connectivity index is 2.17. The lowest BCUT2D eigenvalue weighted by atomic mass is 10.0. The van der Waals surface area contributed by atoms with Crippen LogP contribution >= 0.6 is 11.3 Å². The third-order valence-electron chi connectivity index (χ3n) is 3.78. The Bertz CT molecular complexity index is 795. The van der Waals surface area contributed by atoms with Crippen LogP contribution in [-0.4, -0.2) is 29.9 Å². The minimum absolute atomic E-state index is 0.0598. The zero-order valence-electron chi connectivity index (χ0n) is 14.7. The Morgan fingerprint density at radius 1 is 1.15 bits per heavy atom. The molecule has 6 nitrogen and oxygen atoms in total. The van der Waals surface area contributed by atoms with E-state index in [-0.39, 0.29) is 31.0 Å². The molecule has 138 valence electrons. The van der Waals surface area contributed by atoms with Crippen LogP contribution in [0.2, 0.25) is 0 Å². The molecule has 0 atom stereocenters. The molecule has 0 aliphatic rings. The van der Waals surface area contributed by atoms with Gasteiger partial charge in [-0.25, -0.2) is 0 Å². The number of thiophene rings is 1. The summed E-state index contributed by atoms with van der Waals surface area (Å²) in [6.07, 6.45) is 1.05. The lowest BCUT2D eigenvalue weighted by molar-refractivity contribution is -0.137. The molecule has 2 N–H and O–H groups in total. The minimum atomic E-state index is -0.933. The van der Waals surface area contributed by atoms with Gasteiger partial charge in [-0.1, -0.05) is 6.92 Å². The molecule has 0 radical (unpaired) electrons. The molecule has 1 heterocycles. The van der Waals surface area contributed by atoms with Crippen LogP contribution in [-0.2, 0) is 16.0 Å². The van der Waals surface area contributed by atoms with Crippen LogP contribution in [0.15, 0.2) is 30.3 Å². The molecule has 2 rings (SSSR count). The van der Waals surface area contributed by atoms with Gasteiger partial charge in [0.25, 0.3) is 0 Å². The molecule has 0 unspecified atom stereocenters. The number of benzene rings is 1. The molecular weight excluding hydrogens is 354 g/mol. The molecule has 2 aromatic rings. The molecule has 0 saturated heterocycles. The molecule has 0 spiro atoms. The summed E-state index contributed by atoms with van der Waals surface area (Å²) in [6.45, 7) is 1.98. The van der Waals surface area contributed by atoms with Crippen molar-refractivity contribution in [1.29, 1.82) is 0 Å². The normalized spacial score (nSPS) is 10.4. The lowest BCUT2D eigenvalue weighted by Crippen LogP contribution is -2.13. The molecule has 26 heavy (non-hydrogen) atoms. The number of aryl methyl sites for hydroxylation is 1. The van der Waals surface area contributed by atoms with E-state index in [0.29, 0.717) is 21.9 Å². The van der Waals surface area contributed by atoms with Crippen LogP contribution in [0.4, 0.5) is 5.00 Å². The predicted molar refractivity (Wildman–Crippen MR) is 100 cm³/mol. The van der Waals surface area contributed by atoms with E-state index in [9.17, 15) is 14.4 Å². The minimum Gasteiger partial charge on any atom is -0.497 e. The first kappa shape index (κ1) is 19.7. The van der Waals surface area contributed by atoms with Gasteiger partial charge in [-0.05, 0) is 43.2 Å². The number of carbonyl (C=O) groups excluding carboxylic acids is 2. The maximum atomic E-state index is 12.8. The summed E-state index contributed by atoms with van der Waals surface area (Å²) in [4.78, 5) is 36.4. The quantitative estimate of drug-likeness (QED) is 0.651. The molecule has 0 aliphatic heterocycles. The Hall–Kier alpha value is -2.67. The summed E-state index contributed by atoms with van der Waals surface area (Å²) >= 11 is 1.36. The second kappa shape index (κ2) is 9.15. The van der Waals surface area contributed by atoms with Crippen LogP contribution in [0.5, 0.6) is 5.75 Å². The molecule has 1 amide bonds. The van der Waals surface area contributed by atoms with Crippen molar-refractivity contribution >= 4 is 34.0 Å². The van der Waals surface area contributed by atoms with Gasteiger partial charge in [-0.3, -0.25) is 14.4 Å². The molecular formula is C19H21NO5S. The maximum absolute atomic E-state index is 12.8. The van der Waals surface area contributed by atoms with Crippen molar-refractivity contribution in [2.75, 3.05) is 12.4 Å². The van der Waals surface area contributed by atoms with Crippen LogP contribution in [0, 0.1) is 0 Å². The third-order valence-corrected chi connectivity index (χ3v) is 4.97. The summed E-state index contributed by atoms with van der Waals surface area (Å²) in [5, 5.41) is 11.9.